The molecule has 0 aliphatic carbocycles. The van der Waals surface area contributed by atoms with Gasteiger partial charge in [-0.15, -0.1) is 11.8 Å². The topological polar surface area (TPSA) is 12.0 Å². The summed E-state index contributed by atoms with van der Waals surface area (Å²) in [6.07, 6.45) is 0. The monoisotopic (exact) mass is 181 g/mol. The molecule has 0 aromatic heterocycles. The zero-order chi connectivity index (χ0) is 8.39. The van der Waals surface area contributed by atoms with Crippen LogP contribution >= 0.6 is 11.8 Å². The predicted octanol–water partition coefficient (Wildman–Crippen LogP) is 2.42. The molecule has 0 atom stereocenters. The number of rotatable bonds is 1. The minimum absolute atomic E-state index is 0.190. The van der Waals surface area contributed by atoms with Gasteiger partial charge in [0.2, 0.25) is 0 Å². The van der Waals surface area contributed by atoms with Crippen molar-refractivity contribution in [2.45, 2.75) is 0 Å². The number of halogens is 1. The highest BCUT2D eigenvalue weighted by Crippen LogP contribution is 2.21. The molecule has 0 bridgehead atoms. The SMILES string of the molecule is Fc1ccc(C2=CSCN2)cc1. The molecule has 0 fully saturated rings. The predicted molar refractivity (Wildman–Crippen MR) is 50.0 cm³/mol. The second kappa shape index (κ2) is 3.19. The van der Waals surface area contributed by atoms with Crippen LogP contribution in [0.1, 0.15) is 5.56 Å². The van der Waals surface area contributed by atoms with Gasteiger partial charge in [-0.2, -0.15) is 0 Å². The molecule has 0 saturated carbocycles. The molecule has 62 valence electrons. The number of nitrogens with one attached hydrogen (secondary N) is 1. The van der Waals surface area contributed by atoms with Gasteiger partial charge in [0.1, 0.15) is 5.82 Å². The van der Waals surface area contributed by atoms with E-state index in [1.165, 1.54) is 12.1 Å². The summed E-state index contributed by atoms with van der Waals surface area (Å²) in [5.74, 6) is 0.720. The first-order chi connectivity index (χ1) is 5.86. The van der Waals surface area contributed by atoms with E-state index in [1.807, 2.05) is 5.41 Å². The molecule has 1 aromatic rings. The summed E-state index contributed by atoms with van der Waals surface area (Å²) >= 11 is 1.71. The first-order valence-corrected chi connectivity index (χ1v) is 4.73. The fourth-order valence-corrected chi connectivity index (χ4v) is 1.79. The van der Waals surface area contributed by atoms with Crippen molar-refractivity contribution in [3.05, 3.63) is 41.1 Å². The van der Waals surface area contributed by atoms with Gasteiger partial charge in [-0.25, -0.2) is 4.39 Å². The third kappa shape index (κ3) is 1.46. The van der Waals surface area contributed by atoms with Gasteiger partial charge in [0.25, 0.3) is 0 Å². The van der Waals surface area contributed by atoms with Gasteiger partial charge in [0.15, 0.2) is 0 Å². The molecule has 2 rings (SSSR count). The molecule has 0 spiro atoms. The minimum atomic E-state index is -0.190. The lowest BCUT2D eigenvalue weighted by Gasteiger charge is -2.02. The van der Waals surface area contributed by atoms with Crippen LogP contribution in [-0.2, 0) is 0 Å². The summed E-state index contributed by atoms with van der Waals surface area (Å²) in [4.78, 5) is 0. The Morgan fingerprint density at radius 1 is 1.25 bits per heavy atom. The van der Waals surface area contributed by atoms with Gasteiger partial charge in [-0.05, 0) is 35.2 Å². The van der Waals surface area contributed by atoms with E-state index in [1.54, 1.807) is 23.9 Å². The maximum atomic E-state index is 12.5. The Kier molecular flexibility index (Phi) is 2.04. The largest absolute Gasteiger partial charge is 0.375 e. The minimum Gasteiger partial charge on any atom is -0.375 e. The Hall–Kier alpha value is -0.960. The third-order valence-electron chi connectivity index (χ3n) is 1.70. The fourth-order valence-electron chi connectivity index (χ4n) is 1.09. The zero-order valence-corrected chi connectivity index (χ0v) is 7.20. The molecule has 3 heteroatoms. The van der Waals surface area contributed by atoms with E-state index < -0.39 is 0 Å². The molecule has 1 nitrogen and oxygen atoms in total. The van der Waals surface area contributed by atoms with E-state index >= 15 is 0 Å². The van der Waals surface area contributed by atoms with Gasteiger partial charge >= 0.3 is 0 Å². The molecule has 1 aliphatic rings. The summed E-state index contributed by atoms with van der Waals surface area (Å²) in [7, 11) is 0. The van der Waals surface area contributed by atoms with E-state index in [-0.39, 0.29) is 5.82 Å². The van der Waals surface area contributed by atoms with E-state index in [4.69, 9.17) is 0 Å². The van der Waals surface area contributed by atoms with E-state index in [0.29, 0.717) is 0 Å². The summed E-state index contributed by atoms with van der Waals surface area (Å²) in [6, 6.07) is 6.50. The Balaban J connectivity index is 2.28. The van der Waals surface area contributed by atoms with Gasteiger partial charge in [0.05, 0.1) is 5.88 Å². The van der Waals surface area contributed by atoms with Crippen LogP contribution in [0.3, 0.4) is 0 Å². The Bertz CT molecular complexity index is 305. The van der Waals surface area contributed by atoms with Crippen LogP contribution in [0.4, 0.5) is 4.39 Å². The van der Waals surface area contributed by atoms with E-state index in [9.17, 15) is 4.39 Å². The molecular formula is C9H8FNS. The highest BCUT2D eigenvalue weighted by Gasteiger charge is 2.05. The second-order valence-electron chi connectivity index (χ2n) is 2.53. The number of benzene rings is 1. The van der Waals surface area contributed by atoms with Crippen LogP contribution in [0, 0.1) is 5.82 Å². The third-order valence-corrected chi connectivity index (χ3v) is 2.42. The van der Waals surface area contributed by atoms with Crippen molar-refractivity contribution in [3.63, 3.8) is 0 Å². The molecule has 0 saturated heterocycles. The summed E-state index contributed by atoms with van der Waals surface area (Å²) in [5.41, 5.74) is 2.13. The van der Waals surface area contributed by atoms with Crippen LogP contribution in [0.5, 0.6) is 0 Å². The number of thioether (sulfide) groups is 1. The van der Waals surface area contributed by atoms with Crippen LogP contribution in [-0.4, -0.2) is 5.88 Å². The zero-order valence-electron chi connectivity index (χ0n) is 6.38. The second-order valence-corrected chi connectivity index (χ2v) is 3.38. The lowest BCUT2D eigenvalue weighted by molar-refractivity contribution is 0.627. The Labute approximate surface area is 74.7 Å². The van der Waals surface area contributed by atoms with Gasteiger partial charge in [0, 0.05) is 5.70 Å². The molecule has 0 radical (unpaired) electrons. The molecule has 0 unspecified atom stereocenters. The number of hydrogen-bond donors (Lipinski definition) is 1. The van der Waals surface area contributed by atoms with Crippen molar-refractivity contribution in [1.82, 2.24) is 5.32 Å². The molecule has 1 heterocycles. The first-order valence-electron chi connectivity index (χ1n) is 3.68. The highest BCUT2D eigenvalue weighted by molar-refractivity contribution is 8.02. The van der Waals surface area contributed by atoms with E-state index in [2.05, 4.69) is 5.32 Å². The van der Waals surface area contributed by atoms with Gasteiger partial charge in [-0.1, -0.05) is 0 Å². The first kappa shape index (κ1) is 7.68. The average Bonchev–Trinajstić information content (AvgIpc) is 2.58. The lowest BCUT2D eigenvalue weighted by atomic mass is 10.2. The highest BCUT2D eigenvalue weighted by atomic mass is 32.2. The van der Waals surface area contributed by atoms with Crippen molar-refractivity contribution in [2.24, 2.45) is 0 Å². The van der Waals surface area contributed by atoms with Crippen LogP contribution < -0.4 is 5.32 Å². The summed E-state index contributed by atoms with van der Waals surface area (Å²) in [6.45, 7) is 0. The average molecular weight is 181 g/mol. The maximum Gasteiger partial charge on any atom is 0.123 e. The Morgan fingerprint density at radius 3 is 2.58 bits per heavy atom. The standard InChI is InChI=1S/C9H8FNS/c10-8-3-1-7(2-4-8)9-5-12-6-11-9/h1-5,11H,6H2. The van der Waals surface area contributed by atoms with Crippen molar-refractivity contribution in [2.75, 3.05) is 5.88 Å². The van der Waals surface area contributed by atoms with Crippen LogP contribution in [0.2, 0.25) is 0 Å². The van der Waals surface area contributed by atoms with Crippen molar-refractivity contribution < 1.29 is 4.39 Å². The maximum absolute atomic E-state index is 12.5. The van der Waals surface area contributed by atoms with Gasteiger partial charge < -0.3 is 5.32 Å². The normalized spacial score (nSPS) is 15.6. The van der Waals surface area contributed by atoms with Crippen LogP contribution in [0.25, 0.3) is 5.70 Å². The molecule has 1 aliphatic heterocycles. The molecule has 12 heavy (non-hydrogen) atoms. The lowest BCUT2D eigenvalue weighted by Crippen LogP contribution is -2.04. The molecule has 0 amide bonds. The smallest absolute Gasteiger partial charge is 0.123 e. The molecule has 1 aromatic carbocycles. The van der Waals surface area contributed by atoms with Crippen molar-refractivity contribution in [1.29, 1.82) is 0 Å². The van der Waals surface area contributed by atoms with Gasteiger partial charge in [-0.3, -0.25) is 0 Å². The molecular weight excluding hydrogens is 173 g/mol. The van der Waals surface area contributed by atoms with Crippen LogP contribution in [0.15, 0.2) is 29.7 Å². The van der Waals surface area contributed by atoms with E-state index in [0.717, 1.165) is 17.1 Å². The Morgan fingerprint density at radius 2 is 2.00 bits per heavy atom. The number of hydrogen-bond acceptors (Lipinski definition) is 2. The summed E-state index contributed by atoms with van der Waals surface area (Å²) in [5, 5.41) is 5.24. The van der Waals surface area contributed by atoms with Crippen molar-refractivity contribution in [3.8, 4) is 0 Å². The summed E-state index contributed by atoms with van der Waals surface area (Å²) < 4.78 is 12.5. The van der Waals surface area contributed by atoms with Crippen molar-refractivity contribution >= 4 is 17.5 Å². The molecule has 1 N–H and O–H groups in total. The fraction of sp³-hybridized carbons (Fsp3) is 0.111. The quantitative estimate of drug-likeness (QED) is 0.714.